The van der Waals surface area contributed by atoms with Crippen LogP contribution in [0.25, 0.3) is 0 Å². The summed E-state index contributed by atoms with van der Waals surface area (Å²) in [6, 6.07) is 7.53. The minimum atomic E-state index is -0.330. The Morgan fingerprint density at radius 2 is 1.90 bits per heavy atom. The molecule has 104 valence electrons. The molecular formula is C15H16ClN3O. The third kappa shape index (κ3) is 3.33. The molecule has 0 saturated carbocycles. The van der Waals surface area contributed by atoms with Gasteiger partial charge in [-0.1, -0.05) is 43.1 Å². The zero-order valence-electron chi connectivity index (χ0n) is 11.6. The van der Waals surface area contributed by atoms with E-state index in [0.29, 0.717) is 11.5 Å². The van der Waals surface area contributed by atoms with E-state index in [9.17, 15) is 4.79 Å². The van der Waals surface area contributed by atoms with Crippen molar-refractivity contribution in [3.05, 3.63) is 52.6 Å². The Morgan fingerprint density at radius 1 is 1.25 bits per heavy atom. The Labute approximate surface area is 123 Å². The molecule has 0 atom stereocenters. The molecule has 5 heteroatoms. The Morgan fingerprint density at radius 3 is 2.50 bits per heavy atom. The molecule has 0 radical (unpaired) electrons. The van der Waals surface area contributed by atoms with E-state index in [1.807, 2.05) is 45.0 Å². The fourth-order valence-corrected chi connectivity index (χ4v) is 1.82. The van der Waals surface area contributed by atoms with Gasteiger partial charge in [0, 0.05) is 11.6 Å². The van der Waals surface area contributed by atoms with Gasteiger partial charge < -0.3 is 5.32 Å². The Hall–Kier alpha value is -1.94. The van der Waals surface area contributed by atoms with E-state index in [1.165, 1.54) is 6.20 Å². The minimum Gasteiger partial charge on any atom is -0.321 e. The van der Waals surface area contributed by atoms with Gasteiger partial charge in [0.05, 0.1) is 11.2 Å². The van der Waals surface area contributed by atoms with E-state index in [4.69, 9.17) is 11.6 Å². The number of aromatic nitrogens is 2. The third-order valence-electron chi connectivity index (χ3n) is 2.80. The van der Waals surface area contributed by atoms with Crippen LogP contribution in [0.1, 0.15) is 41.6 Å². The Balaban J connectivity index is 2.24. The van der Waals surface area contributed by atoms with Crippen molar-refractivity contribution in [2.45, 2.75) is 26.7 Å². The number of rotatable bonds is 3. The number of nitrogens with one attached hydrogen (secondary N) is 1. The van der Waals surface area contributed by atoms with Crippen LogP contribution in [-0.4, -0.2) is 15.9 Å². The van der Waals surface area contributed by atoms with Crippen molar-refractivity contribution in [2.24, 2.45) is 0 Å². The molecule has 2 aromatic rings. The summed E-state index contributed by atoms with van der Waals surface area (Å²) in [6.07, 6.45) is 1.47. The summed E-state index contributed by atoms with van der Waals surface area (Å²) in [5, 5.41) is 3.03. The van der Waals surface area contributed by atoms with Gasteiger partial charge in [-0.25, -0.2) is 9.97 Å². The van der Waals surface area contributed by atoms with Crippen molar-refractivity contribution in [3.8, 4) is 0 Å². The van der Waals surface area contributed by atoms with Crippen LogP contribution < -0.4 is 5.32 Å². The van der Waals surface area contributed by atoms with Crippen LogP contribution in [0.3, 0.4) is 0 Å². The molecular weight excluding hydrogens is 274 g/mol. The highest BCUT2D eigenvalue weighted by molar-refractivity contribution is 6.33. The lowest BCUT2D eigenvalue weighted by Crippen LogP contribution is -2.16. The van der Waals surface area contributed by atoms with E-state index in [-0.39, 0.29) is 22.5 Å². The van der Waals surface area contributed by atoms with Gasteiger partial charge >= 0.3 is 0 Å². The highest BCUT2D eigenvalue weighted by Crippen LogP contribution is 2.18. The summed E-state index contributed by atoms with van der Waals surface area (Å²) in [4.78, 5) is 20.6. The first-order valence-electron chi connectivity index (χ1n) is 6.38. The lowest BCUT2D eigenvalue weighted by molar-refractivity contribution is 0.102. The molecule has 0 unspecified atom stereocenters. The first-order chi connectivity index (χ1) is 9.47. The first kappa shape index (κ1) is 14.5. The number of hydrogen-bond acceptors (Lipinski definition) is 3. The zero-order chi connectivity index (χ0) is 14.7. The van der Waals surface area contributed by atoms with Crippen LogP contribution in [0, 0.1) is 6.92 Å². The van der Waals surface area contributed by atoms with Crippen molar-refractivity contribution >= 4 is 23.2 Å². The van der Waals surface area contributed by atoms with E-state index in [1.54, 1.807) is 0 Å². The van der Waals surface area contributed by atoms with Crippen LogP contribution in [-0.2, 0) is 0 Å². The number of carbonyl (C=O) groups is 1. The van der Waals surface area contributed by atoms with Crippen LogP contribution >= 0.6 is 11.6 Å². The first-order valence-corrected chi connectivity index (χ1v) is 6.75. The summed E-state index contributed by atoms with van der Waals surface area (Å²) < 4.78 is 0. The average Bonchev–Trinajstić information content (AvgIpc) is 2.41. The van der Waals surface area contributed by atoms with Crippen LogP contribution in [0.4, 0.5) is 5.69 Å². The number of amides is 1. The summed E-state index contributed by atoms with van der Waals surface area (Å²) >= 11 is 6.00. The fraction of sp³-hybridized carbons (Fsp3) is 0.267. The van der Waals surface area contributed by atoms with Crippen molar-refractivity contribution in [2.75, 3.05) is 5.32 Å². The molecule has 0 fully saturated rings. The maximum Gasteiger partial charge on any atom is 0.275 e. The average molecular weight is 290 g/mol. The maximum atomic E-state index is 12.2. The molecule has 0 bridgehead atoms. The monoisotopic (exact) mass is 289 g/mol. The highest BCUT2D eigenvalue weighted by atomic mass is 35.5. The number of nitrogens with zero attached hydrogens (tertiary/aromatic N) is 2. The number of aryl methyl sites for hydroxylation is 1. The molecule has 0 aliphatic rings. The van der Waals surface area contributed by atoms with Gasteiger partial charge in [0.1, 0.15) is 5.82 Å². The number of halogens is 1. The largest absolute Gasteiger partial charge is 0.321 e. The number of hydrogen-bond donors (Lipinski definition) is 1. The smallest absolute Gasteiger partial charge is 0.275 e. The molecule has 1 amide bonds. The highest BCUT2D eigenvalue weighted by Gasteiger charge is 2.15. The van der Waals surface area contributed by atoms with Crippen LogP contribution in [0.5, 0.6) is 0 Å². The number of anilines is 1. The van der Waals surface area contributed by atoms with Gasteiger partial charge in [0.2, 0.25) is 0 Å². The topological polar surface area (TPSA) is 54.9 Å². The second kappa shape index (κ2) is 6.01. The summed E-state index contributed by atoms with van der Waals surface area (Å²) in [5.74, 6) is 0.407. The fourth-order valence-electron chi connectivity index (χ4n) is 1.65. The van der Waals surface area contributed by atoms with Crippen LogP contribution in [0.2, 0.25) is 5.02 Å². The van der Waals surface area contributed by atoms with E-state index < -0.39 is 0 Å². The molecule has 1 heterocycles. The standard InChI is InChI=1S/C15H16ClN3O/c1-9(2)14-17-8-12(16)13(19-14)15(20)18-11-6-4-10(3)5-7-11/h4-9H,1-3H3,(H,18,20). The van der Waals surface area contributed by atoms with E-state index in [0.717, 1.165) is 5.56 Å². The molecule has 0 aliphatic heterocycles. The van der Waals surface area contributed by atoms with Crippen molar-refractivity contribution in [1.82, 2.24) is 9.97 Å². The predicted octanol–water partition coefficient (Wildman–Crippen LogP) is 3.81. The minimum absolute atomic E-state index is 0.137. The zero-order valence-corrected chi connectivity index (χ0v) is 12.4. The number of benzene rings is 1. The molecule has 0 spiro atoms. The SMILES string of the molecule is Cc1ccc(NC(=O)c2nc(C(C)C)ncc2Cl)cc1. The Kier molecular flexibility index (Phi) is 4.35. The van der Waals surface area contributed by atoms with Crippen molar-refractivity contribution < 1.29 is 4.79 Å². The van der Waals surface area contributed by atoms with Gasteiger partial charge in [-0.15, -0.1) is 0 Å². The normalized spacial score (nSPS) is 10.7. The molecule has 2 rings (SSSR count). The lowest BCUT2D eigenvalue weighted by atomic mass is 10.2. The van der Waals surface area contributed by atoms with Gasteiger partial charge in [-0.05, 0) is 19.1 Å². The maximum absolute atomic E-state index is 12.2. The van der Waals surface area contributed by atoms with E-state index >= 15 is 0 Å². The predicted molar refractivity (Wildman–Crippen MR) is 80.3 cm³/mol. The van der Waals surface area contributed by atoms with Crippen molar-refractivity contribution in [3.63, 3.8) is 0 Å². The molecule has 1 aromatic carbocycles. The van der Waals surface area contributed by atoms with Crippen molar-refractivity contribution in [1.29, 1.82) is 0 Å². The third-order valence-corrected chi connectivity index (χ3v) is 3.08. The molecule has 1 aromatic heterocycles. The van der Waals surface area contributed by atoms with Crippen LogP contribution in [0.15, 0.2) is 30.5 Å². The summed E-state index contributed by atoms with van der Waals surface area (Å²) in [5.41, 5.74) is 2.04. The number of carbonyl (C=O) groups excluding carboxylic acids is 1. The molecule has 1 N–H and O–H groups in total. The summed E-state index contributed by atoms with van der Waals surface area (Å²) in [6.45, 7) is 5.91. The van der Waals surface area contributed by atoms with Gasteiger partial charge in [0.15, 0.2) is 5.69 Å². The van der Waals surface area contributed by atoms with Gasteiger partial charge in [0.25, 0.3) is 5.91 Å². The van der Waals surface area contributed by atoms with E-state index in [2.05, 4.69) is 15.3 Å². The second-order valence-corrected chi connectivity index (χ2v) is 5.31. The Bertz CT molecular complexity index is 624. The molecule has 4 nitrogen and oxygen atoms in total. The molecule has 0 aliphatic carbocycles. The quantitative estimate of drug-likeness (QED) is 0.934. The second-order valence-electron chi connectivity index (χ2n) is 4.90. The molecule has 20 heavy (non-hydrogen) atoms. The van der Waals surface area contributed by atoms with Gasteiger partial charge in [-0.3, -0.25) is 4.79 Å². The lowest BCUT2D eigenvalue weighted by Gasteiger charge is -2.09. The molecule has 0 saturated heterocycles. The summed E-state index contributed by atoms with van der Waals surface area (Å²) in [7, 11) is 0. The van der Waals surface area contributed by atoms with Gasteiger partial charge in [-0.2, -0.15) is 0 Å².